The Bertz CT molecular complexity index is 1550. The SMILES string of the molecule is CC(=O)N1CCN(c2nc(OCCN(C)C3(C)CCC3)nc3c2CCN(c2cccc4cccc(Cl)c24)C3)CC1CC#N. The Morgan fingerprint density at radius 3 is 2.67 bits per heavy atom. The van der Waals surface area contributed by atoms with Gasteiger partial charge in [0.15, 0.2) is 0 Å². The molecule has 6 rings (SSSR count). The molecule has 1 amide bonds. The van der Waals surface area contributed by atoms with Crippen LogP contribution in [-0.2, 0) is 17.8 Å². The highest BCUT2D eigenvalue weighted by molar-refractivity contribution is 6.36. The molecule has 9 nitrogen and oxygen atoms in total. The van der Waals surface area contributed by atoms with Crippen LogP contribution < -0.4 is 14.5 Å². The van der Waals surface area contributed by atoms with Crippen molar-refractivity contribution in [3.8, 4) is 12.1 Å². The summed E-state index contributed by atoms with van der Waals surface area (Å²) >= 11 is 6.70. The van der Waals surface area contributed by atoms with Gasteiger partial charge in [0.25, 0.3) is 0 Å². The van der Waals surface area contributed by atoms with Gasteiger partial charge in [0.1, 0.15) is 12.4 Å². The number of hydrogen-bond donors (Lipinski definition) is 0. The van der Waals surface area contributed by atoms with Crippen LogP contribution in [0.5, 0.6) is 6.01 Å². The maximum absolute atomic E-state index is 12.3. The highest BCUT2D eigenvalue weighted by atomic mass is 35.5. The Labute approximate surface area is 259 Å². The van der Waals surface area contributed by atoms with E-state index in [0.717, 1.165) is 58.1 Å². The van der Waals surface area contributed by atoms with Crippen molar-refractivity contribution in [2.24, 2.45) is 0 Å². The number of likely N-dealkylation sites (N-methyl/N-ethyl adjacent to an activating group) is 1. The van der Waals surface area contributed by atoms with E-state index in [4.69, 9.17) is 26.3 Å². The molecule has 226 valence electrons. The zero-order valence-corrected chi connectivity index (χ0v) is 26.1. The molecule has 43 heavy (non-hydrogen) atoms. The van der Waals surface area contributed by atoms with Gasteiger partial charge in [-0.25, -0.2) is 0 Å². The van der Waals surface area contributed by atoms with Crippen molar-refractivity contribution >= 4 is 39.8 Å². The molecule has 0 radical (unpaired) electrons. The van der Waals surface area contributed by atoms with Gasteiger partial charge in [0.05, 0.1) is 35.8 Å². The minimum atomic E-state index is -0.180. The number of nitrogens with zero attached hydrogens (tertiary/aromatic N) is 7. The van der Waals surface area contributed by atoms with Crippen molar-refractivity contribution in [3.05, 3.63) is 52.7 Å². The number of benzene rings is 2. The summed E-state index contributed by atoms with van der Waals surface area (Å²) in [6.07, 6.45) is 4.76. The number of halogens is 1. The lowest BCUT2D eigenvalue weighted by Crippen LogP contribution is -2.55. The lowest BCUT2D eigenvalue weighted by Gasteiger charge is -2.46. The van der Waals surface area contributed by atoms with Crippen LogP contribution in [-0.4, -0.2) is 83.6 Å². The van der Waals surface area contributed by atoms with Crippen molar-refractivity contribution in [2.45, 2.75) is 64.1 Å². The Balaban J connectivity index is 1.30. The Morgan fingerprint density at radius 2 is 1.95 bits per heavy atom. The number of piperazine rings is 1. The Hall–Kier alpha value is -3.61. The van der Waals surface area contributed by atoms with Gasteiger partial charge in [0, 0.05) is 61.8 Å². The summed E-state index contributed by atoms with van der Waals surface area (Å²) in [6, 6.07) is 14.8. The number of aromatic nitrogens is 2. The maximum atomic E-state index is 12.3. The molecule has 10 heteroatoms. The molecule has 1 saturated carbocycles. The second kappa shape index (κ2) is 12.2. The van der Waals surface area contributed by atoms with Crippen LogP contribution in [0, 0.1) is 11.3 Å². The molecule has 2 fully saturated rings. The van der Waals surface area contributed by atoms with Crippen molar-refractivity contribution in [2.75, 3.05) is 56.2 Å². The second-order valence-corrected chi connectivity index (χ2v) is 12.7. The van der Waals surface area contributed by atoms with Crippen LogP contribution in [0.1, 0.15) is 50.8 Å². The number of rotatable bonds is 8. The van der Waals surface area contributed by atoms with E-state index in [1.807, 2.05) is 17.0 Å². The first-order valence-electron chi connectivity index (χ1n) is 15.3. The van der Waals surface area contributed by atoms with Gasteiger partial charge in [-0.15, -0.1) is 0 Å². The van der Waals surface area contributed by atoms with Gasteiger partial charge in [-0.3, -0.25) is 9.69 Å². The van der Waals surface area contributed by atoms with Crippen LogP contribution in [0.15, 0.2) is 36.4 Å². The molecular formula is C33H40ClN7O2. The molecule has 1 unspecified atom stereocenters. The molecule has 2 aromatic carbocycles. The van der Waals surface area contributed by atoms with E-state index >= 15 is 0 Å². The monoisotopic (exact) mass is 601 g/mol. The summed E-state index contributed by atoms with van der Waals surface area (Å²) in [5.41, 5.74) is 3.40. The van der Waals surface area contributed by atoms with Crippen molar-refractivity contribution < 1.29 is 9.53 Å². The third-order valence-corrected chi connectivity index (χ3v) is 10.0. The third-order valence-electron chi connectivity index (χ3n) is 9.72. The van der Waals surface area contributed by atoms with E-state index in [2.05, 4.69) is 59.0 Å². The zero-order chi connectivity index (χ0) is 30.1. The summed E-state index contributed by atoms with van der Waals surface area (Å²) in [5.74, 6) is 0.864. The number of nitriles is 1. The van der Waals surface area contributed by atoms with Gasteiger partial charge < -0.3 is 19.4 Å². The van der Waals surface area contributed by atoms with Crippen molar-refractivity contribution in [1.82, 2.24) is 19.8 Å². The van der Waals surface area contributed by atoms with Crippen LogP contribution in [0.2, 0.25) is 5.02 Å². The molecule has 0 bridgehead atoms. The molecular weight excluding hydrogens is 562 g/mol. The Kier molecular flexibility index (Phi) is 8.34. The summed E-state index contributed by atoms with van der Waals surface area (Å²) in [6.45, 7) is 8.36. The fourth-order valence-electron chi connectivity index (χ4n) is 6.82. The molecule has 1 atom stereocenters. The number of anilines is 2. The van der Waals surface area contributed by atoms with E-state index in [1.54, 1.807) is 6.92 Å². The highest BCUT2D eigenvalue weighted by Gasteiger charge is 2.36. The molecule has 3 heterocycles. The molecule has 1 aromatic heterocycles. The summed E-state index contributed by atoms with van der Waals surface area (Å²) in [5, 5.41) is 12.4. The number of carbonyl (C=O) groups excluding carboxylic acids is 1. The van der Waals surface area contributed by atoms with E-state index in [1.165, 1.54) is 19.3 Å². The fraction of sp³-hybridized carbons (Fsp3) is 0.515. The van der Waals surface area contributed by atoms with E-state index < -0.39 is 0 Å². The first kappa shape index (κ1) is 29.5. The predicted molar refractivity (Wildman–Crippen MR) is 170 cm³/mol. The zero-order valence-electron chi connectivity index (χ0n) is 25.4. The minimum Gasteiger partial charge on any atom is -0.462 e. The number of amides is 1. The largest absolute Gasteiger partial charge is 0.462 e. The summed E-state index contributed by atoms with van der Waals surface area (Å²) < 4.78 is 6.25. The highest BCUT2D eigenvalue weighted by Crippen LogP contribution is 2.38. The fourth-order valence-corrected chi connectivity index (χ4v) is 7.09. The minimum absolute atomic E-state index is 0.00214. The van der Waals surface area contributed by atoms with Crippen LogP contribution in [0.3, 0.4) is 0 Å². The van der Waals surface area contributed by atoms with Crippen LogP contribution in [0.4, 0.5) is 11.5 Å². The maximum Gasteiger partial charge on any atom is 0.318 e. The predicted octanol–water partition coefficient (Wildman–Crippen LogP) is 5.05. The summed E-state index contributed by atoms with van der Waals surface area (Å²) in [4.78, 5) is 31.0. The Morgan fingerprint density at radius 1 is 1.16 bits per heavy atom. The lowest BCUT2D eigenvalue weighted by molar-refractivity contribution is -0.131. The second-order valence-electron chi connectivity index (χ2n) is 12.3. The molecule has 2 aliphatic heterocycles. The average molecular weight is 602 g/mol. The smallest absolute Gasteiger partial charge is 0.318 e. The standard InChI is InChI=1S/C33H40ClN7O2/c1-23(42)41-18-17-40(21-25(41)11-15-35)31-26-12-16-39(29-10-5-8-24-7-4-9-27(34)30(24)29)22-28(26)36-32(37-31)43-20-19-38(3)33(2)13-6-14-33/h4-5,7-10,25H,6,11-14,16-22H2,1-3H3. The van der Waals surface area contributed by atoms with E-state index in [0.29, 0.717) is 38.8 Å². The molecule has 1 saturated heterocycles. The average Bonchev–Trinajstić information content (AvgIpc) is 2.99. The van der Waals surface area contributed by atoms with Gasteiger partial charge in [0.2, 0.25) is 5.91 Å². The van der Waals surface area contributed by atoms with Gasteiger partial charge >= 0.3 is 6.01 Å². The van der Waals surface area contributed by atoms with Crippen molar-refractivity contribution in [1.29, 1.82) is 5.26 Å². The molecule has 1 aliphatic carbocycles. The van der Waals surface area contributed by atoms with Crippen molar-refractivity contribution in [3.63, 3.8) is 0 Å². The quantitative estimate of drug-likeness (QED) is 0.354. The first-order valence-corrected chi connectivity index (χ1v) is 15.7. The number of carbonyl (C=O) groups is 1. The topological polar surface area (TPSA) is 88.8 Å². The van der Waals surface area contributed by atoms with E-state index in [9.17, 15) is 10.1 Å². The van der Waals surface area contributed by atoms with Gasteiger partial charge in [-0.05, 0) is 57.2 Å². The lowest BCUT2D eigenvalue weighted by atomic mass is 9.77. The number of ether oxygens (including phenoxy) is 1. The van der Waals surface area contributed by atoms with Gasteiger partial charge in [-0.1, -0.05) is 35.9 Å². The molecule has 3 aromatic rings. The number of fused-ring (bicyclic) bond motifs is 2. The molecule has 0 N–H and O–H groups in total. The number of hydrogen-bond acceptors (Lipinski definition) is 8. The van der Waals surface area contributed by atoms with Crippen LogP contribution >= 0.6 is 11.6 Å². The normalized spacial score (nSPS) is 19.6. The van der Waals surface area contributed by atoms with Crippen LogP contribution in [0.25, 0.3) is 10.8 Å². The molecule has 0 spiro atoms. The van der Waals surface area contributed by atoms with E-state index in [-0.39, 0.29) is 23.9 Å². The first-order chi connectivity index (χ1) is 20.8. The van der Waals surface area contributed by atoms with Gasteiger partial charge in [-0.2, -0.15) is 15.2 Å². The third kappa shape index (κ3) is 5.83. The summed E-state index contributed by atoms with van der Waals surface area (Å²) in [7, 11) is 2.17. The molecule has 3 aliphatic rings.